The van der Waals surface area contributed by atoms with E-state index in [1.807, 2.05) is 0 Å². The van der Waals surface area contributed by atoms with Crippen LogP contribution in [0.25, 0.3) is 0 Å². The van der Waals surface area contributed by atoms with E-state index in [1.165, 1.54) is 64.7 Å². The molecular weight excluding hydrogens is 460 g/mol. The molecule has 2 aliphatic rings. The first kappa shape index (κ1) is 30.7. The maximum atomic E-state index is 4.88. The molecule has 202 valence electrons. The number of hydrogen-bond acceptors (Lipinski definition) is 8. The van der Waals surface area contributed by atoms with Gasteiger partial charge >= 0.3 is 0 Å². The van der Waals surface area contributed by atoms with Gasteiger partial charge in [0.1, 0.15) is 0 Å². The fraction of sp³-hybridized carbons (Fsp3) is 1.00. The predicted octanol–water partition coefficient (Wildman–Crippen LogP) is 2.47. The van der Waals surface area contributed by atoms with E-state index in [0.29, 0.717) is 12.1 Å². The summed E-state index contributed by atoms with van der Waals surface area (Å²) < 4.78 is -0.146. The van der Waals surface area contributed by atoms with Crippen LogP contribution in [0.15, 0.2) is 0 Å². The highest BCUT2D eigenvalue weighted by molar-refractivity contribution is 7.82. The van der Waals surface area contributed by atoms with Crippen molar-refractivity contribution >= 4 is 25.3 Å². The Bertz CT molecular complexity index is 464. The Balaban J connectivity index is 1.63. The van der Waals surface area contributed by atoms with Crippen LogP contribution in [-0.2, 0) is 0 Å². The number of likely N-dealkylation sites (tertiary alicyclic amines) is 2. The third-order valence-electron chi connectivity index (χ3n) is 7.42. The number of thiol groups is 2. The fourth-order valence-electron chi connectivity index (χ4n) is 4.97. The number of hydrogen-bond donors (Lipinski definition) is 6. The second kappa shape index (κ2) is 16.3. The lowest BCUT2D eigenvalue weighted by atomic mass is 10.0. The number of rotatable bonds is 17. The van der Waals surface area contributed by atoms with Crippen molar-refractivity contribution in [1.29, 1.82) is 0 Å². The SMILES string of the molecule is CC(C)(S)C(CNCCN1CCCCC1)NCCNC(CNCCN1CCCCC1)C(C)(C)S. The Morgan fingerprint density at radius 3 is 1.26 bits per heavy atom. The van der Waals surface area contributed by atoms with Gasteiger partial charge in [0.2, 0.25) is 0 Å². The minimum atomic E-state index is -0.0731. The van der Waals surface area contributed by atoms with E-state index in [0.717, 1.165) is 52.4 Å². The van der Waals surface area contributed by atoms with Gasteiger partial charge in [0.05, 0.1) is 0 Å². The van der Waals surface area contributed by atoms with Crippen LogP contribution in [0.5, 0.6) is 0 Å². The first-order chi connectivity index (χ1) is 16.2. The molecule has 2 rings (SSSR count). The van der Waals surface area contributed by atoms with Gasteiger partial charge in [-0.25, -0.2) is 0 Å². The maximum absolute atomic E-state index is 4.88. The van der Waals surface area contributed by atoms with Crippen LogP contribution in [0.4, 0.5) is 0 Å². The normalized spacial score (nSPS) is 21.0. The summed E-state index contributed by atoms with van der Waals surface area (Å²) in [4.78, 5) is 5.18. The smallest absolute Gasteiger partial charge is 0.0332 e. The van der Waals surface area contributed by atoms with E-state index >= 15 is 0 Å². The van der Waals surface area contributed by atoms with E-state index in [2.05, 4.69) is 58.8 Å². The summed E-state index contributed by atoms with van der Waals surface area (Å²) in [5, 5.41) is 14.8. The van der Waals surface area contributed by atoms with Crippen LogP contribution < -0.4 is 21.3 Å². The molecule has 0 bridgehead atoms. The van der Waals surface area contributed by atoms with E-state index in [4.69, 9.17) is 25.3 Å². The average Bonchev–Trinajstić information content (AvgIpc) is 2.79. The zero-order valence-electron chi connectivity index (χ0n) is 22.7. The molecule has 2 heterocycles. The van der Waals surface area contributed by atoms with E-state index in [9.17, 15) is 0 Å². The summed E-state index contributed by atoms with van der Waals surface area (Å²) in [5.74, 6) is 0. The third-order valence-corrected chi connectivity index (χ3v) is 8.04. The second-order valence-electron chi connectivity index (χ2n) is 11.5. The Morgan fingerprint density at radius 2 is 0.941 bits per heavy atom. The van der Waals surface area contributed by atoms with Gasteiger partial charge in [0.15, 0.2) is 0 Å². The van der Waals surface area contributed by atoms with Gasteiger partial charge in [-0.05, 0) is 79.6 Å². The largest absolute Gasteiger partial charge is 0.314 e. The van der Waals surface area contributed by atoms with E-state index in [-0.39, 0.29) is 9.49 Å². The van der Waals surface area contributed by atoms with Crippen molar-refractivity contribution in [3.8, 4) is 0 Å². The van der Waals surface area contributed by atoms with Crippen molar-refractivity contribution in [2.75, 3.05) is 78.5 Å². The highest BCUT2D eigenvalue weighted by Crippen LogP contribution is 2.18. The molecular formula is C26H56N6S2. The molecule has 8 heteroatoms. The minimum Gasteiger partial charge on any atom is -0.314 e. The lowest BCUT2D eigenvalue weighted by Crippen LogP contribution is -2.55. The van der Waals surface area contributed by atoms with Crippen molar-refractivity contribution in [2.24, 2.45) is 0 Å². The second-order valence-corrected chi connectivity index (χ2v) is 13.8. The van der Waals surface area contributed by atoms with Gasteiger partial charge in [-0.1, -0.05) is 12.8 Å². The van der Waals surface area contributed by atoms with Crippen molar-refractivity contribution in [1.82, 2.24) is 31.1 Å². The number of piperidine rings is 2. The molecule has 34 heavy (non-hydrogen) atoms. The van der Waals surface area contributed by atoms with Crippen molar-refractivity contribution < 1.29 is 0 Å². The molecule has 0 spiro atoms. The number of nitrogens with one attached hydrogen (secondary N) is 4. The first-order valence-corrected chi connectivity index (χ1v) is 14.8. The molecule has 4 N–H and O–H groups in total. The Hall–Kier alpha value is 0.460. The standard InChI is InChI=1S/C26H56N6S2/c1-25(2,33)23(21-27-13-19-31-15-7-5-8-16-31)29-11-12-30-24(26(3,4)34)22-28-14-20-32-17-9-6-10-18-32/h23-24,27-30,33-34H,5-22H2,1-4H3. The quantitative estimate of drug-likeness (QED) is 0.132. The first-order valence-electron chi connectivity index (χ1n) is 13.9. The molecule has 0 aromatic heterocycles. The Kier molecular flexibility index (Phi) is 14.7. The molecule has 0 aromatic carbocycles. The zero-order chi connectivity index (χ0) is 24.9. The lowest BCUT2D eigenvalue weighted by Gasteiger charge is -2.34. The van der Waals surface area contributed by atoms with Crippen LogP contribution in [0.2, 0.25) is 0 Å². The summed E-state index contributed by atoms with van der Waals surface area (Å²) in [6, 6.07) is 0.647. The predicted molar refractivity (Wildman–Crippen MR) is 156 cm³/mol. The molecule has 0 aliphatic carbocycles. The van der Waals surface area contributed by atoms with E-state index in [1.54, 1.807) is 0 Å². The van der Waals surface area contributed by atoms with Crippen molar-refractivity contribution in [3.63, 3.8) is 0 Å². The van der Waals surface area contributed by atoms with Crippen molar-refractivity contribution in [2.45, 2.75) is 87.8 Å². The van der Waals surface area contributed by atoms with Crippen LogP contribution in [0, 0.1) is 0 Å². The molecule has 6 nitrogen and oxygen atoms in total. The highest BCUT2D eigenvalue weighted by atomic mass is 32.1. The van der Waals surface area contributed by atoms with Gasteiger partial charge in [0.25, 0.3) is 0 Å². The average molecular weight is 517 g/mol. The molecule has 0 radical (unpaired) electrons. The molecule has 0 amide bonds. The lowest BCUT2D eigenvalue weighted by molar-refractivity contribution is 0.227. The van der Waals surface area contributed by atoms with Gasteiger partial charge in [-0.15, -0.1) is 0 Å². The van der Waals surface area contributed by atoms with Gasteiger partial charge < -0.3 is 31.1 Å². The fourth-order valence-corrected chi connectivity index (χ4v) is 5.33. The summed E-state index contributed by atoms with van der Waals surface area (Å²) in [6.07, 6.45) is 8.24. The summed E-state index contributed by atoms with van der Waals surface area (Å²) in [7, 11) is 0. The number of nitrogens with zero attached hydrogens (tertiary/aromatic N) is 2. The van der Waals surface area contributed by atoms with Gasteiger partial charge in [-0.2, -0.15) is 25.3 Å². The van der Waals surface area contributed by atoms with Crippen LogP contribution >= 0.6 is 25.3 Å². The summed E-state index contributed by atoms with van der Waals surface area (Å²) in [5.41, 5.74) is 0. The third kappa shape index (κ3) is 13.1. The van der Waals surface area contributed by atoms with Crippen LogP contribution in [-0.4, -0.2) is 110 Å². The molecule has 2 aliphatic heterocycles. The Morgan fingerprint density at radius 1 is 0.588 bits per heavy atom. The van der Waals surface area contributed by atoms with E-state index < -0.39 is 0 Å². The Labute approximate surface area is 222 Å². The molecule has 2 saturated heterocycles. The topological polar surface area (TPSA) is 54.6 Å². The van der Waals surface area contributed by atoms with Crippen LogP contribution in [0.3, 0.4) is 0 Å². The summed E-state index contributed by atoms with van der Waals surface area (Å²) in [6.45, 7) is 22.1. The maximum Gasteiger partial charge on any atom is 0.0332 e. The molecule has 0 saturated carbocycles. The van der Waals surface area contributed by atoms with Gasteiger partial charge in [0, 0.05) is 73.9 Å². The van der Waals surface area contributed by atoms with Crippen molar-refractivity contribution in [3.05, 3.63) is 0 Å². The van der Waals surface area contributed by atoms with Gasteiger partial charge in [-0.3, -0.25) is 0 Å². The van der Waals surface area contributed by atoms with Crippen LogP contribution in [0.1, 0.15) is 66.2 Å². The zero-order valence-corrected chi connectivity index (χ0v) is 24.5. The minimum absolute atomic E-state index is 0.0731. The highest BCUT2D eigenvalue weighted by Gasteiger charge is 2.27. The monoisotopic (exact) mass is 516 g/mol. The molecule has 2 atom stereocenters. The molecule has 0 aromatic rings. The molecule has 2 fully saturated rings. The molecule has 2 unspecified atom stereocenters. The summed E-state index contributed by atoms with van der Waals surface area (Å²) >= 11 is 9.77.